The molecule has 0 saturated heterocycles. The van der Waals surface area contributed by atoms with E-state index in [2.05, 4.69) is 13.8 Å². The summed E-state index contributed by atoms with van der Waals surface area (Å²) in [6.45, 7) is 6.27. The van der Waals surface area contributed by atoms with Crippen LogP contribution in [0.1, 0.15) is 43.9 Å². The average molecular weight is 209 g/mol. The van der Waals surface area contributed by atoms with E-state index in [9.17, 15) is 4.39 Å². The predicted octanol–water partition coefficient (Wildman–Crippen LogP) is 3.57. The zero-order valence-electron chi connectivity index (χ0n) is 9.76. The van der Waals surface area contributed by atoms with Crippen molar-refractivity contribution in [3.05, 3.63) is 35.1 Å². The average Bonchev–Trinajstić information content (AvgIpc) is 2.17. The molecule has 0 saturated carbocycles. The number of aryl methyl sites for hydroxylation is 1. The molecular weight excluding hydrogens is 189 g/mol. The van der Waals surface area contributed by atoms with Gasteiger partial charge >= 0.3 is 0 Å². The van der Waals surface area contributed by atoms with Gasteiger partial charge in [-0.2, -0.15) is 0 Å². The fraction of sp³-hybridized carbons (Fsp3) is 0.538. The van der Waals surface area contributed by atoms with Gasteiger partial charge in [0.15, 0.2) is 0 Å². The van der Waals surface area contributed by atoms with Crippen molar-refractivity contribution in [1.82, 2.24) is 0 Å². The molecule has 0 heterocycles. The minimum atomic E-state index is -0.188. The number of benzene rings is 1. The van der Waals surface area contributed by atoms with Gasteiger partial charge < -0.3 is 5.73 Å². The Morgan fingerprint density at radius 1 is 1.40 bits per heavy atom. The quantitative estimate of drug-likeness (QED) is 0.806. The summed E-state index contributed by atoms with van der Waals surface area (Å²) in [6.07, 6.45) is 2.09. The molecule has 0 spiro atoms. The van der Waals surface area contributed by atoms with Gasteiger partial charge in [0.1, 0.15) is 5.82 Å². The molecule has 2 heteroatoms. The van der Waals surface area contributed by atoms with Crippen molar-refractivity contribution in [1.29, 1.82) is 0 Å². The molecule has 84 valence electrons. The Labute approximate surface area is 91.5 Å². The van der Waals surface area contributed by atoms with Crippen LogP contribution in [0.3, 0.4) is 0 Å². The molecule has 1 nitrogen and oxygen atoms in total. The van der Waals surface area contributed by atoms with E-state index in [1.165, 1.54) is 6.07 Å². The van der Waals surface area contributed by atoms with Gasteiger partial charge in [-0.3, -0.25) is 0 Å². The van der Waals surface area contributed by atoms with Gasteiger partial charge in [-0.1, -0.05) is 26.3 Å². The first-order valence-corrected chi connectivity index (χ1v) is 5.56. The zero-order valence-corrected chi connectivity index (χ0v) is 9.76. The van der Waals surface area contributed by atoms with Gasteiger partial charge in [0, 0.05) is 6.04 Å². The first-order valence-electron chi connectivity index (χ1n) is 5.56. The minimum absolute atomic E-state index is 0.0283. The molecule has 1 aromatic rings. The van der Waals surface area contributed by atoms with Crippen molar-refractivity contribution in [2.75, 3.05) is 0 Å². The third-order valence-corrected chi connectivity index (χ3v) is 2.98. The van der Waals surface area contributed by atoms with Crippen molar-refractivity contribution < 1.29 is 4.39 Å². The summed E-state index contributed by atoms with van der Waals surface area (Å²) in [4.78, 5) is 0. The summed E-state index contributed by atoms with van der Waals surface area (Å²) in [5.74, 6) is 0.427. The molecule has 0 aliphatic rings. The lowest BCUT2D eigenvalue weighted by atomic mass is 9.92. The molecule has 0 aliphatic heterocycles. The second-order valence-electron chi connectivity index (χ2n) is 4.36. The van der Waals surface area contributed by atoms with E-state index < -0.39 is 0 Å². The van der Waals surface area contributed by atoms with Crippen LogP contribution < -0.4 is 5.73 Å². The Kier molecular flexibility index (Phi) is 4.28. The summed E-state index contributed by atoms with van der Waals surface area (Å²) >= 11 is 0. The molecule has 2 unspecified atom stereocenters. The normalized spacial score (nSPS) is 15.0. The Morgan fingerprint density at radius 3 is 2.60 bits per heavy atom. The molecule has 0 aliphatic carbocycles. The molecule has 0 aromatic heterocycles. The molecule has 0 radical (unpaired) electrons. The maximum absolute atomic E-state index is 12.9. The number of hydrogen-bond acceptors (Lipinski definition) is 1. The molecule has 1 aromatic carbocycles. The lowest BCUT2D eigenvalue weighted by Gasteiger charge is -2.18. The third-order valence-electron chi connectivity index (χ3n) is 2.98. The second kappa shape index (κ2) is 5.26. The van der Waals surface area contributed by atoms with Gasteiger partial charge in [-0.15, -0.1) is 0 Å². The van der Waals surface area contributed by atoms with Crippen LogP contribution in [0.5, 0.6) is 0 Å². The van der Waals surface area contributed by atoms with E-state index in [0.717, 1.165) is 24.0 Å². The highest BCUT2D eigenvalue weighted by Gasteiger charge is 2.12. The van der Waals surface area contributed by atoms with Crippen LogP contribution in [0.2, 0.25) is 0 Å². The van der Waals surface area contributed by atoms with E-state index in [-0.39, 0.29) is 11.9 Å². The number of nitrogens with two attached hydrogens (primary N) is 1. The number of rotatable bonds is 4. The molecule has 0 bridgehead atoms. The number of hydrogen-bond donors (Lipinski definition) is 1. The first-order chi connectivity index (χ1) is 7.04. The van der Waals surface area contributed by atoms with Crippen molar-refractivity contribution in [2.24, 2.45) is 11.7 Å². The van der Waals surface area contributed by atoms with E-state index in [1.54, 1.807) is 12.1 Å². The fourth-order valence-electron chi connectivity index (χ4n) is 1.78. The molecule has 0 amide bonds. The van der Waals surface area contributed by atoms with Crippen LogP contribution in [-0.4, -0.2) is 0 Å². The van der Waals surface area contributed by atoms with Crippen LogP contribution >= 0.6 is 0 Å². The van der Waals surface area contributed by atoms with Gasteiger partial charge in [0.25, 0.3) is 0 Å². The molecule has 15 heavy (non-hydrogen) atoms. The topological polar surface area (TPSA) is 26.0 Å². The Bertz CT molecular complexity index is 322. The van der Waals surface area contributed by atoms with Gasteiger partial charge in [0.05, 0.1) is 0 Å². The van der Waals surface area contributed by atoms with E-state index >= 15 is 0 Å². The smallest absolute Gasteiger partial charge is 0.123 e. The first kappa shape index (κ1) is 12.2. The summed E-state index contributed by atoms with van der Waals surface area (Å²) in [6, 6.07) is 4.86. The van der Waals surface area contributed by atoms with Crippen molar-refractivity contribution in [3.63, 3.8) is 0 Å². The van der Waals surface area contributed by atoms with E-state index in [4.69, 9.17) is 5.73 Å². The maximum Gasteiger partial charge on any atom is 0.123 e. The fourth-order valence-corrected chi connectivity index (χ4v) is 1.78. The highest BCUT2D eigenvalue weighted by Crippen LogP contribution is 2.23. The van der Waals surface area contributed by atoms with Crippen LogP contribution in [-0.2, 0) is 0 Å². The standard InChI is InChI=1S/C13H20FN/c1-4-9(2)7-13(15)12-6-5-11(14)8-10(12)3/h5-6,8-9,13H,4,7,15H2,1-3H3. The largest absolute Gasteiger partial charge is 0.324 e. The molecule has 2 N–H and O–H groups in total. The highest BCUT2D eigenvalue weighted by atomic mass is 19.1. The maximum atomic E-state index is 12.9. The summed E-state index contributed by atoms with van der Waals surface area (Å²) in [5.41, 5.74) is 8.12. The SMILES string of the molecule is CCC(C)CC(N)c1ccc(F)cc1C. The van der Waals surface area contributed by atoms with Gasteiger partial charge in [-0.05, 0) is 42.5 Å². The van der Waals surface area contributed by atoms with Gasteiger partial charge in [-0.25, -0.2) is 4.39 Å². The summed E-state index contributed by atoms with van der Waals surface area (Å²) in [5, 5.41) is 0. The molecule has 0 fully saturated rings. The van der Waals surface area contributed by atoms with E-state index in [0.29, 0.717) is 5.92 Å². The van der Waals surface area contributed by atoms with Crippen LogP contribution in [0.4, 0.5) is 4.39 Å². The Hall–Kier alpha value is -0.890. The van der Waals surface area contributed by atoms with Crippen molar-refractivity contribution >= 4 is 0 Å². The minimum Gasteiger partial charge on any atom is -0.324 e. The molecule has 1 rings (SSSR count). The second-order valence-corrected chi connectivity index (χ2v) is 4.36. The Balaban J connectivity index is 2.77. The van der Waals surface area contributed by atoms with Crippen LogP contribution in [0, 0.1) is 18.7 Å². The summed E-state index contributed by atoms with van der Waals surface area (Å²) < 4.78 is 12.9. The van der Waals surface area contributed by atoms with Crippen LogP contribution in [0.25, 0.3) is 0 Å². The van der Waals surface area contributed by atoms with Crippen molar-refractivity contribution in [3.8, 4) is 0 Å². The zero-order chi connectivity index (χ0) is 11.4. The van der Waals surface area contributed by atoms with Crippen LogP contribution in [0.15, 0.2) is 18.2 Å². The molecular formula is C13H20FN. The Morgan fingerprint density at radius 2 is 2.07 bits per heavy atom. The molecule has 2 atom stereocenters. The highest BCUT2D eigenvalue weighted by molar-refractivity contribution is 5.29. The van der Waals surface area contributed by atoms with E-state index in [1.807, 2.05) is 6.92 Å². The predicted molar refractivity (Wildman–Crippen MR) is 62.1 cm³/mol. The number of halogens is 1. The van der Waals surface area contributed by atoms with Crippen molar-refractivity contribution in [2.45, 2.75) is 39.7 Å². The monoisotopic (exact) mass is 209 g/mol. The van der Waals surface area contributed by atoms with Gasteiger partial charge in [0.2, 0.25) is 0 Å². The lowest BCUT2D eigenvalue weighted by Crippen LogP contribution is -2.15. The third kappa shape index (κ3) is 3.31. The lowest BCUT2D eigenvalue weighted by molar-refractivity contribution is 0.460. The summed E-state index contributed by atoms with van der Waals surface area (Å²) in [7, 11) is 0.